The van der Waals surface area contributed by atoms with Gasteiger partial charge < -0.3 is 31.1 Å². The number of carbonyl (C=O) groups excluding carboxylic acids is 2. The van der Waals surface area contributed by atoms with Crippen LogP contribution in [0.5, 0.6) is 0 Å². The van der Waals surface area contributed by atoms with Crippen LogP contribution in [0.4, 0.5) is 4.79 Å². The Labute approximate surface area is 166 Å². The number of nitrogens with zero attached hydrogens (tertiary/aromatic N) is 1. The second kappa shape index (κ2) is 11.6. The van der Waals surface area contributed by atoms with Crippen molar-refractivity contribution in [3.8, 4) is 0 Å². The van der Waals surface area contributed by atoms with E-state index < -0.39 is 18.1 Å². The Hall–Kier alpha value is -2.16. The largest absolute Gasteiger partial charge is 0.382 e. The van der Waals surface area contributed by atoms with Crippen LogP contribution in [0.3, 0.4) is 0 Å². The van der Waals surface area contributed by atoms with E-state index >= 15 is 0 Å². The Morgan fingerprint density at radius 2 is 1.89 bits per heavy atom. The third-order valence-electron chi connectivity index (χ3n) is 4.87. The van der Waals surface area contributed by atoms with Gasteiger partial charge in [-0.3, -0.25) is 4.79 Å². The summed E-state index contributed by atoms with van der Waals surface area (Å²) in [7, 11) is 0. The van der Waals surface area contributed by atoms with Gasteiger partial charge in [0.25, 0.3) is 5.91 Å². The normalized spacial score (nSPS) is 17.5. The lowest BCUT2D eigenvalue weighted by molar-refractivity contribution is -0.131. The first-order valence-electron chi connectivity index (χ1n) is 9.88. The number of hydrogen-bond acceptors (Lipinski definition) is 5. The lowest BCUT2D eigenvalue weighted by atomic mass is 10.0. The standard InChI is InChI=1S/C20H32N4O4/c1-15(16-7-3-2-4-8-16)23-19(26)18(25)17(21)9-5-6-10-22-20(27)24-11-13-28-14-12-24/h2-4,7-8,15,17-18,25H,5-6,9-14,21H2,1H3,(H,22,27)(H,23,26)/t15-,17+,18?/m1/s1. The first-order chi connectivity index (χ1) is 13.5. The molecule has 156 valence electrons. The molecule has 1 aromatic rings. The fourth-order valence-electron chi connectivity index (χ4n) is 3.05. The van der Waals surface area contributed by atoms with E-state index in [0.717, 1.165) is 12.0 Å². The molecule has 1 aliphatic heterocycles. The van der Waals surface area contributed by atoms with Crippen LogP contribution in [0.25, 0.3) is 0 Å². The van der Waals surface area contributed by atoms with Crippen LogP contribution in [-0.4, -0.2) is 66.9 Å². The van der Waals surface area contributed by atoms with Gasteiger partial charge in [0.2, 0.25) is 0 Å². The molecule has 0 spiro atoms. The maximum atomic E-state index is 12.2. The Kier molecular flexibility index (Phi) is 9.19. The van der Waals surface area contributed by atoms with Gasteiger partial charge in [0, 0.05) is 25.7 Å². The van der Waals surface area contributed by atoms with Crippen molar-refractivity contribution in [1.29, 1.82) is 0 Å². The van der Waals surface area contributed by atoms with Gasteiger partial charge >= 0.3 is 6.03 Å². The molecule has 1 heterocycles. The quantitative estimate of drug-likeness (QED) is 0.463. The zero-order valence-electron chi connectivity index (χ0n) is 16.5. The average Bonchev–Trinajstić information content (AvgIpc) is 2.73. The minimum absolute atomic E-state index is 0.0816. The average molecular weight is 393 g/mol. The van der Waals surface area contributed by atoms with Crippen LogP contribution in [0.1, 0.15) is 37.8 Å². The summed E-state index contributed by atoms with van der Waals surface area (Å²) >= 11 is 0. The fourth-order valence-corrected chi connectivity index (χ4v) is 3.05. The van der Waals surface area contributed by atoms with Crippen molar-refractivity contribution in [3.63, 3.8) is 0 Å². The molecule has 1 saturated heterocycles. The van der Waals surface area contributed by atoms with Crippen LogP contribution in [0.15, 0.2) is 30.3 Å². The number of aliphatic hydroxyl groups excluding tert-OH is 1. The number of nitrogens with one attached hydrogen (secondary N) is 2. The number of carbonyl (C=O) groups is 2. The van der Waals surface area contributed by atoms with E-state index in [1.807, 2.05) is 37.3 Å². The number of benzene rings is 1. The highest BCUT2D eigenvalue weighted by Crippen LogP contribution is 2.12. The summed E-state index contributed by atoms with van der Waals surface area (Å²) in [5, 5.41) is 15.8. The van der Waals surface area contributed by atoms with Crippen molar-refractivity contribution in [3.05, 3.63) is 35.9 Å². The van der Waals surface area contributed by atoms with E-state index in [1.165, 1.54) is 0 Å². The van der Waals surface area contributed by atoms with Crippen LogP contribution < -0.4 is 16.4 Å². The van der Waals surface area contributed by atoms with E-state index in [-0.39, 0.29) is 12.1 Å². The molecule has 8 nitrogen and oxygen atoms in total. The van der Waals surface area contributed by atoms with Crippen molar-refractivity contribution < 1.29 is 19.4 Å². The fraction of sp³-hybridized carbons (Fsp3) is 0.600. The van der Waals surface area contributed by atoms with Gasteiger partial charge in [-0.05, 0) is 25.3 Å². The third-order valence-corrected chi connectivity index (χ3v) is 4.87. The predicted octanol–water partition coefficient (Wildman–Crippen LogP) is 0.764. The van der Waals surface area contributed by atoms with Gasteiger partial charge in [0.1, 0.15) is 6.10 Å². The molecule has 0 aromatic heterocycles. The van der Waals surface area contributed by atoms with Crippen LogP contribution in [0, 0.1) is 0 Å². The maximum absolute atomic E-state index is 12.2. The number of nitrogens with two attached hydrogens (primary N) is 1. The molecule has 28 heavy (non-hydrogen) atoms. The van der Waals surface area contributed by atoms with E-state index in [9.17, 15) is 14.7 Å². The molecule has 0 radical (unpaired) electrons. The number of rotatable bonds is 9. The first kappa shape index (κ1) is 22.1. The molecule has 1 aromatic carbocycles. The molecule has 0 bridgehead atoms. The Balaban J connectivity index is 1.61. The Morgan fingerprint density at radius 3 is 2.57 bits per heavy atom. The van der Waals surface area contributed by atoms with Gasteiger partial charge in [0.15, 0.2) is 0 Å². The van der Waals surface area contributed by atoms with Crippen molar-refractivity contribution in [2.75, 3.05) is 32.8 Å². The van der Waals surface area contributed by atoms with Crippen molar-refractivity contribution in [2.24, 2.45) is 5.73 Å². The number of morpholine rings is 1. The minimum Gasteiger partial charge on any atom is -0.382 e. The highest BCUT2D eigenvalue weighted by Gasteiger charge is 2.24. The molecule has 0 aliphatic carbocycles. The molecular weight excluding hydrogens is 360 g/mol. The number of amides is 3. The lowest BCUT2D eigenvalue weighted by Crippen LogP contribution is -2.47. The van der Waals surface area contributed by atoms with Gasteiger partial charge in [0.05, 0.1) is 19.3 Å². The van der Waals surface area contributed by atoms with Crippen molar-refractivity contribution in [2.45, 2.75) is 44.4 Å². The number of urea groups is 1. The second-order valence-corrected chi connectivity index (χ2v) is 7.08. The number of hydrogen-bond donors (Lipinski definition) is 4. The van der Waals surface area contributed by atoms with Gasteiger partial charge in [-0.1, -0.05) is 36.8 Å². The zero-order chi connectivity index (χ0) is 20.4. The number of aliphatic hydroxyl groups is 1. The molecule has 3 amide bonds. The minimum atomic E-state index is -1.26. The second-order valence-electron chi connectivity index (χ2n) is 7.08. The van der Waals surface area contributed by atoms with Crippen molar-refractivity contribution >= 4 is 11.9 Å². The molecular formula is C20H32N4O4. The smallest absolute Gasteiger partial charge is 0.317 e. The summed E-state index contributed by atoms with van der Waals surface area (Å²) in [5.74, 6) is -0.468. The molecule has 2 rings (SSSR count). The summed E-state index contributed by atoms with van der Waals surface area (Å²) in [6.45, 7) is 4.77. The van der Waals surface area contributed by atoms with E-state index in [0.29, 0.717) is 45.7 Å². The van der Waals surface area contributed by atoms with E-state index in [2.05, 4.69) is 10.6 Å². The van der Waals surface area contributed by atoms with Crippen LogP contribution >= 0.6 is 0 Å². The molecule has 1 unspecified atom stereocenters. The summed E-state index contributed by atoms with van der Waals surface area (Å²) < 4.78 is 5.22. The van der Waals surface area contributed by atoms with Crippen LogP contribution in [0.2, 0.25) is 0 Å². The van der Waals surface area contributed by atoms with Gasteiger partial charge in [-0.25, -0.2) is 4.79 Å². The molecule has 1 aliphatic rings. The topological polar surface area (TPSA) is 117 Å². The molecule has 3 atom stereocenters. The summed E-state index contributed by atoms with van der Waals surface area (Å²) in [4.78, 5) is 25.9. The van der Waals surface area contributed by atoms with Crippen LogP contribution in [-0.2, 0) is 9.53 Å². The van der Waals surface area contributed by atoms with E-state index in [1.54, 1.807) is 4.90 Å². The zero-order valence-corrected chi connectivity index (χ0v) is 16.5. The molecule has 5 N–H and O–H groups in total. The first-order valence-corrected chi connectivity index (χ1v) is 9.88. The molecule has 1 fully saturated rings. The SMILES string of the molecule is C[C@@H](NC(=O)C(O)[C@@H](N)CCCCNC(=O)N1CCOCC1)c1ccccc1. The number of ether oxygens (including phenoxy) is 1. The van der Waals surface area contributed by atoms with Crippen molar-refractivity contribution in [1.82, 2.24) is 15.5 Å². The monoisotopic (exact) mass is 392 g/mol. The van der Waals surface area contributed by atoms with Gasteiger partial charge in [-0.15, -0.1) is 0 Å². The summed E-state index contributed by atoms with van der Waals surface area (Å²) in [6, 6.07) is 8.62. The summed E-state index contributed by atoms with van der Waals surface area (Å²) in [6.07, 6.45) is 0.692. The molecule has 0 saturated carbocycles. The highest BCUT2D eigenvalue weighted by molar-refractivity contribution is 5.81. The molecule has 8 heteroatoms. The lowest BCUT2D eigenvalue weighted by Gasteiger charge is -2.27. The van der Waals surface area contributed by atoms with Gasteiger partial charge in [-0.2, -0.15) is 0 Å². The predicted molar refractivity (Wildman–Crippen MR) is 107 cm³/mol. The highest BCUT2D eigenvalue weighted by atomic mass is 16.5. The third kappa shape index (κ3) is 7.10. The maximum Gasteiger partial charge on any atom is 0.317 e. The Morgan fingerprint density at radius 1 is 1.21 bits per heavy atom. The van der Waals surface area contributed by atoms with E-state index in [4.69, 9.17) is 10.5 Å². The number of unbranched alkanes of at least 4 members (excludes halogenated alkanes) is 1. The Bertz CT molecular complexity index is 607. The summed E-state index contributed by atoms with van der Waals surface area (Å²) in [5.41, 5.74) is 6.94.